The standard InChI is InChI=1S/C37H45N5O5/c1-3-29(4-2)27-47-36-26-32(10-15-35(36)42(44)45)38-31-16-20-41(21-17-31)37(43)18-19-39-22-24-40(25-23-39)33-11-13-34(14-12-33)46-28-30-8-6-5-7-9-30/h3-15,26,29,31,38H,1-2,16-25,27-28H2. The second kappa shape index (κ2) is 16.6. The zero-order chi connectivity index (χ0) is 33.0. The van der Waals surface area contributed by atoms with Gasteiger partial charge in [-0.15, -0.1) is 13.2 Å². The van der Waals surface area contributed by atoms with Crippen LogP contribution in [0, 0.1) is 16.0 Å². The maximum Gasteiger partial charge on any atom is 0.311 e. The summed E-state index contributed by atoms with van der Waals surface area (Å²) in [4.78, 5) is 30.9. The molecule has 3 aromatic carbocycles. The van der Waals surface area contributed by atoms with Crippen LogP contribution in [0.3, 0.4) is 0 Å². The molecule has 1 N–H and O–H groups in total. The van der Waals surface area contributed by atoms with Crippen molar-refractivity contribution in [3.63, 3.8) is 0 Å². The Hall–Kier alpha value is -4.83. The highest BCUT2D eigenvalue weighted by Crippen LogP contribution is 2.32. The number of carbonyl (C=O) groups is 1. The summed E-state index contributed by atoms with van der Waals surface area (Å²) in [5.41, 5.74) is 3.02. The van der Waals surface area contributed by atoms with Crippen LogP contribution in [0.4, 0.5) is 17.1 Å². The average molecular weight is 640 g/mol. The van der Waals surface area contributed by atoms with Crippen molar-refractivity contribution in [2.75, 3.05) is 62.6 Å². The van der Waals surface area contributed by atoms with Gasteiger partial charge < -0.3 is 24.6 Å². The molecule has 10 nitrogen and oxygen atoms in total. The van der Waals surface area contributed by atoms with Crippen LogP contribution in [-0.4, -0.2) is 79.1 Å². The number of nitro groups is 1. The van der Waals surface area contributed by atoms with E-state index < -0.39 is 4.92 Å². The number of nitrogens with one attached hydrogen (secondary N) is 1. The molecule has 0 radical (unpaired) electrons. The lowest BCUT2D eigenvalue weighted by Gasteiger charge is -2.37. The fourth-order valence-corrected chi connectivity index (χ4v) is 5.93. The van der Waals surface area contributed by atoms with Crippen molar-refractivity contribution in [3.8, 4) is 11.5 Å². The van der Waals surface area contributed by atoms with E-state index >= 15 is 0 Å². The SMILES string of the molecule is C=CC(C=C)COc1cc(NC2CCN(C(=O)CCN3CCN(c4ccc(OCc5ccccc5)cc4)CC3)CC2)ccc1[N+](=O)[O-]. The van der Waals surface area contributed by atoms with E-state index in [1.807, 2.05) is 35.2 Å². The van der Waals surface area contributed by atoms with E-state index in [0.717, 1.165) is 62.6 Å². The topological polar surface area (TPSA) is 100 Å². The van der Waals surface area contributed by atoms with Gasteiger partial charge in [0.2, 0.25) is 5.91 Å². The minimum absolute atomic E-state index is 0.0804. The Morgan fingerprint density at radius 2 is 1.64 bits per heavy atom. The molecule has 248 valence electrons. The molecule has 0 unspecified atom stereocenters. The first kappa shape index (κ1) is 33.5. The number of rotatable bonds is 15. The van der Waals surface area contributed by atoms with Crippen LogP contribution in [0.1, 0.15) is 24.8 Å². The van der Waals surface area contributed by atoms with E-state index in [1.54, 1.807) is 24.3 Å². The molecule has 2 fully saturated rings. The number of carbonyl (C=O) groups excluding carboxylic acids is 1. The number of ether oxygens (including phenoxy) is 2. The third-order valence-corrected chi connectivity index (χ3v) is 8.88. The Morgan fingerprint density at radius 1 is 0.936 bits per heavy atom. The third kappa shape index (κ3) is 9.59. The largest absolute Gasteiger partial charge is 0.489 e. The van der Waals surface area contributed by atoms with Crippen LogP contribution in [-0.2, 0) is 11.4 Å². The highest BCUT2D eigenvalue weighted by molar-refractivity contribution is 5.76. The van der Waals surface area contributed by atoms with Gasteiger partial charge in [0.1, 0.15) is 12.4 Å². The number of hydrogen-bond acceptors (Lipinski definition) is 8. The molecule has 0 saturated carbocycles. The van der Waals surface area contributed by atoms with Crippen LogP contribution < -0.4 is 19.7 Å². The van der Waals surface area contributed by atoms with Gasteiger partial charge in [-0.1, -0.05) is 42.5 Å². The molecular formula is C37H45N5O5. The number of amides is 1. The molecule has 10 heteroatoms. The molecule has 0 atom stereocenters. The summed E-state index contributed by atoms with van der Waals surface area (Å²) in [6, 6.07) is 23.5. The lowest BCUT2D eigenvalue weighted by molar-refractivity contribution is -0.385. The zero-order valence-electron chi connectivity index (χ0n) is 27.0. The van der Waals surface area contributed by atoms with E-state index in [1.165, 1.54) is 11.8 Å². The predicted octanol–water partition coefficient (Wildman–Crippen LogP) is 6.16. The molecule has 0 spiro atoms. The second-order valence-corrected chi connectivity index (χ2v) is 12.0. The highest BCUT2D eigenvalue weighted by atomic mass is 16.6. The number of piperazine rings is 1. The Morgan fingerprint density at radius 3 is 2.30 bits per heavy atom. The second-order valence-electron chi connectivity index (χ2n) is 12.0. The molecule has 47 heavy (non-hydrogen) atoms. The Kier molecular flexibility index (Phi) is 11.9. The van der Waals surface area contributed by atoms with Gasteiger partial charge in [0.25, 0.3) is 0 Å². The Bertz CT molecular complexity index is 1470. The van der Waals surface area contributed by atoms with Crippen molar-refractivity contribution >= 4 is 23.0 Å². The molecule has 1 amide bonds. The zero-order valence-corrected chi connectivity index (χ0v) is 27.0. The van der Waals surface area contributed by atoms with Crippen LogP contribution in [0.2, 0.25) is 0 Å². The molecular weight excluding hydrogens is 594 g/mol. The van der Waals surface area contributed by atoms with Crippen LogP contribution in [0.25, 0.3) is 0 Å². The normalized spacial score (nSPS) is 15.7. The molecule has 3 aromatic rings. The summed E-state index contributed by atoms with van der Waals surface area (Å²) in [6.45, 7) is 14.1. The average Bonchev–Trinajstić information content (AvgIpc) is 3.11. The van der Waals surface area contributed by atoms with E-state index in [4.69, 9.17) is 9.47 Å². The molecule has 2 heterocycles. The van der Waals surface area contributed by atoms with Gasteiger partial charge in [-0.3, -0.25) is 19.8 Å². The summed E-state index contributed by atoms with van der Waals surface area (Å²) in [5, 5.41) is 15.0. The smallest absolute Gasteiger partial charge is 0.311 e. The summed E-state index contributed by atoms with van der Waals surface area (Å²) in [7, 11) is 0. The number of likely N-dealkylation sites (tertiary alicyclic amines) is 1. The van der Waals surface area contributed by atoms with Gasteiger partial charge in [0.15, 0.2) is 5.75 Å². The van der Waals surface area contributed by atoms with E-state index in [0.29, 0.717) is 26.1 Å². The third-order valence-electron chi connectivity index (χ3n) is 8.88. The van der Waals surface area contributed by atoms with Crippen LogP contribution >= 0.6 is 0 Å². The number of piperidine rings is 1. The monoisotopic (exact) mass is 639 g/mol. The molecule has 2 aliphatic heterocycles. The molecule has 0 aromatic heterocycles. The molecule has 2 aliphatic rings. The maximum atomic E-state index is 13.1. The van der Waals surface area contributed by atoms with Gasteiger partial charge in [-0.05, 0) is 48.7 Å². The summed E-state index contributed by atoms with van der Waals surface area (Å²) < 4.78 is 11.7. The first-order valence-electron chi connectivity index (χ1n) is 16.4. The number of benzene rings is 3. The van der Waals surface area contributed by atoms with E-state index in [9.17, 15) is 14.9 Å². The predicted molar refractivity (Wildman–Crippen MR) is 186 cm³/mol. The van der Waals surface area contributed by atoms with Gasteiger partial charge in [-0.2, -0.15) is 0 Å². The van der Waals surface area contributed by atoms with Crippen molar-refractivity contribution in [2.24, 2.45) is 5.92 Å². The fraction of sp³-hybridized carbons (Fsp3) is 0.378. The van der Waals surface area contributed by atoms with E-state index in [-0.39, 0.29) is 35.9 Å². The lowest BCUT2D eigenvalue weighted by atomic mass is 10.0. The first-order chi connectivity index (χ1) is 22.9. The van der Waals surface area contributed by atoms with Crippen molar-refractivity contribution in [1.29, 1.82) is 0 Å². The van der Waals surface area contributed by atoms with E-state index in [2.05, 4.69) is 52.5 Å². The quantitative estimate of drug-likeness (QED) is 0.120. The van der Waals surface area contributed by atoms with Gasteiger partial charge in [0.05, 0.1) is 11.5 Å². The first-order valence-corrected chi connectivity index (χ1v) is 16.4. The van der Waals surface area contributed by atoms with Crippen molar-refractivity contribution in [3.05, 3.63) is 114 Å². The number of nitro benzene ring substituents is 1. The van der Waals surface area contributed by atoms with Gasteiger partial charge >= 0.3 is 5.69 Å². The molecule has 5 rings (SSSR count). The Labute approximate surface area is 277 Å². The van der Waals surface area contributed by atoms with Crippen molar-refractivity contribution in [2.45, 2.75) is 31.9 Å². The lowest BCUT2D eigenvalue weighted by Crippen LogP contribution is -2.48. The maximum absolute atomic E-state index is 13.1. The number of nitrogens with zero attached hydrogens (tertiary/aromatic N) is 4. The molecule has 0 bridgehead atoms. The highest BCUT2D eigenvalue weighted by Gasteiger charge is 2.25. The molecule has 2 saturated heterocycles. The van der Waals surface area contributed by atoms with Crippen molar-refractivity contribution < 1.29 is 19.2 Å². The van der Waals surface area contributed by atoms with Crippen LogP contribution in [0.5, 0.6) is 11.5 Å². The summed E-state index contributed by atoms with van der Waals surface area (Å²) in [6.07, 6.45) is 5.53. The molecule has 0 aliphatic carbocycles. The summed E-state index contributed by atoms with van der Waals surface area (Å²) >= 11 is 0. The van der Waals surface area contributed by atoms with Gasteiger partial charge in [0, 0.05) is 87.7 Å². The summed E-state index contributed by atoms with van der Waals surface area (Å²) in [5.74, 6) is 1.17. The number of hydrogen-bond donors (Lipinski definition) is 1. The van der Waals surface area contributed by atoms with Gasteiger partial charge in [-0.25, -0.2) is 0 Å². The number of anilines is 2. The van der Waals surface area contributed by atoms with Crippen LogP contribution in [0.15, 0.2) is 98.1 Å². The minimum Gasteiger partial charge on any atom is -0.489 e. The minimum atomic E-state index is -0.442. The fourth-order valence-electron chi connectivity index (χ4n) is 5.93. The van der Waals surface area contributed by atoms with Crippen molar-refractivity contribution in [1.82, 2.24) is 9.80 Å². The Balaban J connectivity index is 1.01.